The van der Waals surface area contributed by atoms with E-state index >= 15 is 0 Å². The molecule has 0 aromatic heterocycles. The average Bonchev–Trinajstić information content (AvgIpc) is 2.99. The van der Waals surface area contributed by atoms with Crippen molar-refractivity contribution in [2.45, 2.75) is 15.7 Å². The molecule has 1 aliphatic rings. The lowest BCUT2D eigenvalue weighted by atomic mass is 9.74. The van der Waals surface area contributed by atoms with Crippen molar-refractivity contribution < 1.29 is 14.3 Å². The fraction of sp³-hybridized carbons (Fsp3) is 0.121. The molecule has 1 heterocycles. The van der Waals surface area contributed by atoms with Gasteiger partial charge in [0, 0.05) is 16.1 Å². The lowest BCUT2D eigenvalue weighted by Crippen LogP contribution is -2.65. The van der Waals surface area contributed by atoms with E-state index in [1.165, 1.54) is 0 Å². The summed E-state index contributed by atoms with van der Waals surface area (Å²) in [7, 11) is 3.32. The molecule has 1 amide bonds. The number of nitrogens with zero attached hydrogens (tertiary/aromatic N) is 1. The van der Waals surface area contributed by atoms with Gasteiger partial charge in [-0.15, -0.1) is 11.8 Å². The first kappa shape index (κ1) is 24.1. The van der Waals surface area contributed by atoms with Gasteiger partial charge < -0.3 is 14.4 Å². The highest BCUT2D eigenvalue weighted by Crippen LogP contribution is 2.64. The molecule has 1 saturated heterocycles. The number of hydrogen-bond donors (Lipinski definition) is 0. The van der Waals surface area contributed by atoms with Crippen LogP contribution in [0.5, 0.6) is 11.5 Å². The number of fused-ring (bicyclic) bond motifs is 1. The topological polar surface area (TPSA) is 38.8 Å². The van der Waals surface area contributed by atoms with Crippen LogP contribution in [0.4, 0.5) is 5.69 Å². The summed E-state index contributed by atoms with van der Waals surface area (Å²) in [6, 6.07) is 40.1. The SMILES string of the molecule is COc1ccc(N2C(=O)[C@@](Sc3ccccc3)(c3c(OC)ccc4ccccc34)[C@H]2c2ccccc2)cc1. The molecule has 0 unspecified atom stereocenters. The Labute approximate surface area is 226 Å². The number of anilines is 1. The van der Waals surface area contributed by atoms with Crippen molar-refractivity contribution in [2.24, 2.45) is 0 Å². The van der Waals surface area contributed by atoms with Gasteiger partial charge in [0.05, 0.1) is 20.3 Å². The number of benzene rings is 5. The van der Waals surface area contributed by atoms with Gasteiger partial charge in [0.1, 0.15) is 11.5 Å². The molecule has 38 heavy (non-hydrogen) atoms. The molecule has 188 valence electrons. The van der Waals surface area contributed by atoms with Crippen LogP contribution < -0.4 is 14.4 Å². The number of thioether (sulfide) groups is 1. The summed E-state index contributed by atoms with van der Waals surface area (Å²) in [5.74, 6) is 1.47. The molecule has 6 rings (SSSR count). The van der Waals surface area contributed by atoms with Crippen molar-refractivity contribution in [3.05, 3.63) is 132 Å². The van der Waals surface area contributed by atoms with E-state index in [1.807, 2.05) is 83.8 Å². The van der Waals surface area contributed by atoms with Crippen LogP contribution in [0.2, 0.25) is 0 Å². The standard InChI is InChI=1S/C33H27NO3S/c1-36-26-20-18-25(19-21-26)34-31(24-12-5-3-6-13-24)33(32(34)35,38-27-14-7-4-8-15-27)30-28-16-10-9-11-23(28)17-22-29(30)37-2/h3-22,31H,1-2H3/t31-,33-/m1/s1. The van der Waals surface area contributed by atoms with E-state index < -0.39 is 4.75 Å². The fourth-order valence-electron chi connectivity index (χ4n) is 5.43. The Morgan fingerprint density at radius 1 is 0.711 bits per heavy atom. The van der Waals surface area contributed by atoms with Gasteiger partial charge >= 0.3 is 0 Å². The van der Waals surface area contributed by atoms with E-state index in [0.717, 1.165) is 38.2 Å². The molecule has 0 bridgehead atoms. The van der Waals surface area contributed by atoms with Crippen molar-refractivity contribution in [2.75, 3.05) is 19.1 Å². The summed E-state index contributed by atoms with van der Waals surface area (Å²) in [4.78, 5) is 17.7. The zero-order valence-corrected chi connectivity index (χ0v) is 22.0. The third kappa shape index (κ3) is 3.82. The van der Waals surface area contributed by atoms with Gasteiger partial charge in [-0.3, -0.25) is 4.79 Å². The van der Waals surface area contributed by atoms with Crippen LogP contribution in [-0.2, 0) is 9.54 Å². The van der Waals surface area contributed by atoms with Gasteiger partial charge in [-0.25, -0.2) is 0 Å². The molecular weight excluding hydrogens is 490 g/mol. The minimum atomic E-state index is -0.963. The average molecular weight is 518 g/mol. The molecule has 5 heteroatoms. The molecule has 0 saturated carbocycles. The zero-order valence-electron chi connectivity index (χ0n) is 21.2. The minimum absolute atomic E-state index is 0.0139. The summed E-state index contributed by atoms with van der Waals surface area (Å²) in [5.41, 5.74) is 2.78. The Balaban J connectivity index is 1.65. The molecule has 1 aliphatic heterocycles. The highest BCUT2D eigenvalue weighted by molar-refractivity contribution is 8.01. The van der Waals surface area contributed by atoms with Crippen molar-refractivity contribution in [3.8, 4) is 11.5 Å². The van der Waals surface area contributed by atoms with E-state index in [1.54, 1.807) is 26.0 Å². The van der Waals surface area contributed by atoms with Crippen LogP contribution in [0.25, 0.3) is 10.8 Å². The van der Waals surface area contributed by atoms with Crippen molar-refractivity contribution >= 4 is 34.1 Å². The number of rotatable bonds is 7. The maximum atomic E-state index is 14.8. The molecule has 0 aliphatic carbocycles. The summed E-state index contributed by atoms with van der Waals surface area (Å²) < 4.78 is 10.4. The molecule has 5 aromatic carbocycles. The number of hydrogen-bond acceptors (Lipinski definition) is 4. The first-order valence-corrected chi connectivity index (χ1v) is 13.3. The number of amides is 1. The zero-order chi connectivity index (χ0) is 26.1. The van der Waals surface area contributed by atoms with Gasteiger partial charge in [0.15, 0.2) is 4.75 Å². The number of methoxy groups -OCH3 is 2. The van der Waals surface area contributed by atoms with Crippen LogP contribution in [-0.4, -0.2) is 20.1 Å². The Hall–Kier alpha value is -4.22. The maximum Gasteiger partial charge on any atom is 0.251 e. The Morgan fingerprint density at radius 3 is 2.05 bits per heavy atom. The second kappa shape index (κ2) is 9.92. The van der Waals surface area contributed by atoms with Gasteiger partial charge in [0.25, 0.3) is 5.91 Å². The van der Waals surface area contributed by atoms with Crippen LogP contribution in [0.3, 0.4) is 0 Å². The maximum absolute atomic E-state index is 14.8. The normalized spacial score (nSPS) is 18.7. The summed E-state index contributed by atoms with van der Waals surface area (Å²) >= 11 is 1.60. The van der Waals surface area contributed by atoms with E-state index in [-0.39, 0.29) is 11.9 Å². The first-order valence-electron chi connectivity index (χ1n) is 12.5. The molecule has 4 nitrogen and oxygen atoms in total. The quantitative estimate of drug-likeness (QED) is 0.208. The Morgan fingerprint density at radius 2 is 1.37 bits per heavy atom. The van der Waals surface area contributed by atoms with Gasteiger partial charge in [-0.1, -0.05) is 78.9 Å². The molecule has 0 N–H and O–H groups in total. The number of ether oxygens (including phenoxy) is 2. The fourth-order valence-corrected chi connectivity index (χ4v) is 6.95. The van der Waals surface area contributed by atoms with Crippen molar-refractivity contribution in [3.63, 3.8) is 0 Å². The van der Waals surface area contributed by atoms with Crippen molar-refractivity contribution in [1.82, 2.24) is 0 Å². The van der Waals surface area contributed by atoms with E-state index in [9.17, 15) is 4.79 Å². The molecule has 0 spiro atoms. The molecular formula is C33H27NO3S. The lowest BCUT2D eigenvalue weighted by Gasteiger charge is -2.56. The summed E-state index contributed by atoms with van der Waals surface area (Å²) in [5, 5.41) is 2.08. The number of carbonyl (C=O) groups is 1. The predicted octanol–water partition coefficient (Wildman–Crippen LogP) is 7.63. The van der Waals surface area contributed by atoms with Crippen LogP contribution in [0.15, 0.2) is 126 Å². The van der Waals surface area contributed by atoms with Gasteiger partial charge in [0.2, 0.25) is 0 Å². The highest BCUT2D eigenvalue weighted by Gasteiger charge is 2.65. The smallest absolute Gasteiger partial charge is 0.251 e. The molecule has 1 fully saturated rings. The summed E-state index contributed by atoms with van der Waals surface area (Å²) in [6.45, 7) is 0. The van der Waals surface area contributed by atoms with E-state index in [4.69, 9.17) is 9.47 Å². The monoisotopic (exact) mass is 517 g/mol. The Kier molecular flexibility index (Phi) is 6.30. The second-order valence-corrected chi connectivity index (χ2v) is 10.5. The minimum Gasteiger partial charge on any atom is -0.497 e. The second-order valence-electron chi connectivity index (χ2n) is 9.20. The number of β-lactam (4-membered cyclic amide) rings is 1. The van der Waals surface area contributed by atoms with Crippen molar-refractivity contribution in [1.29, 1.82) is 0 Å². The molecule has 5 aromatic rings. The largest absolute Gasteiger partial charge is 0.497 e. The van der Waals surface area contributed by atoms with Gasteiger partial charge in [-0.2, -0.15) is 0 Å². The van der Waals surface area contributed by atoms with Gasteiger partial charge in [-0.05, 0) is 58.8 Å². The third-order valence-electron chi connectivity index (χ3n) is 7.15. The van der Waals surface area contributed by atoms with Crippen LogP contribution >= 0.6 is 11.8 Å². The molecule has 2 atom stereocenters. The summed E-state index contributed by atoms with van der Waals surface area (Å²) in [6.07, 6.45) is 0. The Bertz CT molecular complexity index is 1590. The first-order chi connectivity index (χ1) is 18.7. The van der Waals surface area contributed by atoms with E-state index in [0.29, 0.717) is 5.75 Å². The number of carbonyl (C=O) groups excluding carboxylic acids is 1. The van der Waals surface area contributed by atoms with Crippen LogP contribution in [0, 0.1) is 0 Å². The highest BCUT2D eigenvalue weighted by atomic mass is 32.2. The van der Waals surface area contributed by atoms with E-state index in [2.05, 4.69) is 42.5 Å². The third-order valence-corrected chi connectivity index (χ3v) is 8.58. The molecule has 0 radical (unpaired) electrons. The predicted molar refractivity (Wildman–Crippen MR) is 154 cm³/mol. The lowest BCUT2D eigenvalue weighted by molar-refractivity contribution is -0.128. The van der Waals surface area contributed by atoms with Crippen LogP contribution in [0.1, 0.15) is 17.2 Å².